The van der Waals surface area contributed by atoms with Gasteiger partial charge in [0.05, 0.1) is 17.0 Å². The maximum atomic E-state index is 13.0. The largest absolute Gasteiger partial charge is 0.416 e. The maximum absolute atomic E-state index is 13.0. The average Bonchev–Trinajstić information content (AvgIpc) is 3.48. The number of anilines is 1. The molecule has 2 aliphatic carbocycles. The summed E-state index contributed by atoms with van der Waals surface area (Å²) in [6.45, 7) is 0. The Balaban J connectivity index is 1.34. The van der Waals surface area contributed by atoms with Crippen LogP contribution in [-0.4, -0.2) is 33.4 Å². The standard InChI is InChI=1S/C21H15N3O4S/c25-16(10-29-21-24-23-20(28-21)11-8-9-11)22-15-7-3-6-14-17(15)19(27)13-5-2-1-4-12(13)18(14)26/h1-7,11H,8-10H2,(H,22,25). The van der Waals surface area contributed by atoms with Crippen LogP contribution in [-0.2, 0) is 4.79 Å². The van der Waals surface area contributed by atoms with Gasteiger partial charge in [-0.25, -0.2) is 0 Å². The molecule has 3 aromatic rings. The van der Waals surface area contributed by atoms with Gasteiger partial charge in [0.2, 0.25) is 11.8 Å². The molecule has 7 nitrogen and oxygen atoms in total. The summed E-state index contributed by atoms with van der Waals surface area (Å²) >= 11 is 1.14. The smallest absolute Gasteiger partial charge is 0.277 e. The Morgan fingerprint density at radius 3 is 2.48 bits per heavy atom. The number of benzene rings is 2. The first-order valence-corrected chi connectivity index (χ1v) is 10.2. The van der Waals surface area contributed by atoms with Crippen LogP contribution in [0.1, 0.15) is 56.5 Å². The first kappa shape index (κ1) is 17.8. The summed E-state index contributed by atoms with van der Waals surface area (Å²) in [6, 6.07) is 11.6. The molecule has 0 saturated heterocycles. The Labute approximate surface area is 169 Å². The van der Waals surface area contributed by atoms with Crippen LogP contribution >= 0.6 is 11.8 Å². The van der Waals surface area contributed by atoms with E-state index in [1.165, 1.54) is 0 Å². The molecule has 1 heterocycles. The molecule has 0 spiro atoms. The zero-order chi connectivity index (χ0) is 20.0. The van der Waals surface area contributed by atoms with Crippen LogP contribution in [0.2, 0.25) is 0 Å². The lowest BCUT2D eigenvalue weighted by Gasteiger charge is -2.20. The summed E-state index contributed by atoms with van der Waals surface area (Å²) in [6.07, 6.45) is 2.11. The molecule has 0 unspecified atom stereocenters. The number of thioether (sulfide) groups is 1. The second-order valence-electron chi connectivity index (χ2n) is 6.95. The van der Waals surface area contributed by atoms with Crippen molar-refractivity contribution in [3.63, 3.8) is 0 Å². The Bertz CT molecular complexity index is 1170. The van der Waals surface area contributed by atoms with E-state index in [0.717, 1.165) is 24.6 Å². The van der Waals surface area contributed by atoms with Gasteiger partial charge >= 0.3 is 0 Å². The summed E-state index contributed by atoms with van der Waals surface area (Å²) in [5.41, 5.74) is 1.57. The lowest BCUT2D eigenvalue weighted by Crippen LogP contribution is -2.24. The van der Waals surface area contributed by atoms with Crippen molar-refractivity contribution in [2.45, 2.75) is 24.0 Å². The van der Waals surface area contributed by atoms with Crippen LogP contribution in [0.3, 0.4) is 0 Å². The highest BCUT2D eigenvalue weighted by atomic mass is 32.2. The van der Waals surface area contributed by atoms with Gasteiger partial charge in [0.25, 0.3) is 5.22 Å². The van der Waals surface area contributed by atoms with Crippen LogP contribution in [0, 0.1) is 0 Å². The average molecular weight is 405 g/mol. The Kier molecular flexibility index (Phi) is 4.28. The van der Waals surface area contributed by atoms with E-state index in [9.17, 15) is 14.4 Å². The van der Waals surface area contributed by atoms with Gasteiger partial charge in [0.1, 0.15) is 0 Å². The molecule has 1 aromatic heterocycles. The van der Waals surface area contributed by atoms with E-state index in [0.29, 0.717) is 39.4 Å². The number of amides is 1. The summed E-state index contributed by atoms with van der Waals surface area (Å²) < 4.78 is 5.53. The van der Waals surface area contributed by atoms with Crippen molar-refractivity contribution < 1.29 is 18.8 Å². The molecule has 29 heavy (non-hydrogen) atoms. The summed E-state index contributed by atoms with van der Waals surface area (Å²) in [5, 5.41) is 11.0. The third-order valence-electron chi connectivity index (χ3n) is 4.90. The molecule has 2 aromatic carbocycles. The van der Waals surface area contributed by atoms with Crippen LogP contribution in [0.25, 0.3) is 0 Å². The number of carbonyl (C=O) groups is 3. The third kappa shape index (κ3) is 3.25. The quantitative estimate of drug-likeness (QED) is 0.507. The van der Waals surface area contributed by atoms with Crippen molar-refractivity contribution >= 4 is 34.9 Å². The first-order valence-electron chi connectivity index (χ1n) is 9.19. The van der Waals surface area contributed by atoms with Gasteiger partial charge in [0.15, 0.2) is 11.6 Å². The third-order valence-corrected chi connectivity index (χ3v) is 5.72. The van der Waals surface area contributed by atoms with Crippen molar-refractivity contribution in [1.29, 1.82) is 0 Å². The van der Waals surface area contributed by atoms with Gasteiger partial charge in [0, 0.05) is 22.6 Å². The lowest BCUT2D eigenvalue weighted by atomic mass is 9.83. The van der Waals surface area contributed by atoms with E-state index < -0.39 is 0 Å². The fourth-order valence-corrected chi connectivity index (χ4v) is 3.91. The fourth-order valence-electron chi connectivity index (χ4n) is 3.34. The number of ketones is 2. The van der Waals surface area contributed by atoms with E-state index in [2.05, 4.69) is 15.5 Å². The number of hydrogen-bond donors (Lipinski definition) is 1. The van der Waals surface area contributed by atoms with E-state index in [4.69, 9.17) is 4.42 Å². The van der Waals surface area contributed by atoms with E-state index in [-0.39, 0.29) is 28.8 Å². The molecule has 2 aliphatic rings. The van der Waals surface area contributed by atoms with Crippen LogP contribution in [0.4, 0.5) is 5.69 Å². The summed E-state index contributed by atoms with van der Waals surface area (Å²) in [7, 11) is 0. The highest BCUT2D eigenvalue weighted by molar-refractivity contribution is 7.99. The van der Waals surface area contributed by atoms with Crippen molar-refractivity contribution in [3.05, 3.63) is 70.6 Å². The highest BCUT2D eigenvalue weighted by Gasteiger charge is 2.32. The van der Waals surface area contributed by atoms with Gasteiger partial charge in [-0.2, -0.15) is 0 Å². The Morgan fingerprint density at radius 1 is 1.00 bits per heavy atom. The summed E-state index contributed by atoms with van der Waals surface area (Å²) in [5.74, 6) is 0.201. The number of nitrogens with zero attached hydrogens (tertiary/aromatic N) is 2. The summed E-state index contributed by atoms with van der Waals surface area (Å²) in [4.78, 5) is 38.2. The molecule has 1 fully saturated rings. The predicted octanol–water partition coefficient (Wildman–Crippen LogP) is 3.45. The second-order valence-corrected chi connectivity index (χ2v) is 7.88. The monoisotopic (exact) mass is 405 g/mol. The minimum Gasteiger partial charge on any atom is -0.416 e. The van der Waals surface area contributed by atoms with Crippen LogP contribution < -0.4 is 5.32 Å². The lowest BCUT2D eigenvalue weighted by molar-refractivity contribution is -0.113. The van der Waals surface area contributed by atoms with Gasteiger partial charge in [-0.15, -0.1) is 10.2 Å². The molecular formula is C21H15N3O4S. The normalized spacial score (nSPS) is 15.0. The Hall–Kier alpha value is -3.26. The van der Waals surface area contributed by atoms with Crippen molar-refractivity contribution in [2.75, 3.05) is 11.1 Å². The first-order chi connectivity index (χ1) is 14.1. The number of fused-ring (bicyclic) bond motifs is 2. The van der Waals surface area contributed by atoms with Gasteiger partial charge in [-0.3, -0.25) is 14.4 Å². The molecule has 0 atom stereocenters. The topological polar surface area (TPSA) is 102 Å². The minimum atomic E-state index is -0.325. The molecule has 1 amide bonds. The number of rotatable bonds is 5. The van der Waals surface area contributed by atoms with Gasteiger partial charge in [-0.1, -0.05) is 48.2 Å². The van der Waals surface area contributed by atoms with Gasteiger partial charge in [-0.05, 0) is 18.9 Å². The molecule has 144 valence electrons. The van der Waals surface area contributed by atoms with Crippen molar-refractivity contribution in [3.8, 4) is 0 Å². The van der Waals surface area contributed by atoms with E-state index in [1.807, 2.05) is 0 Å². The van der Waals surface area contributed by atoms with E-state index in [1.54, 1.807) is 42.5 Å². The van der Waals surface area contributed by atoms with Crippen LogP contribution in [0.15, 0.2) is 52.1 Å². The van der Waals surface area contributed by atoms with E-state index >= 15 is 0 Å². The minimum absolute atomic E-state index is 0.0503. The molecule has 0 radical (unpaired) electrons. The fraction of sp³-hybridized carbons (Fsp3) is 0.190. The maximum Gasteiger partial charge on any atom is 0.277 e. The molecule has 5 rings (SSSR count). The SMILES string of the molecule is O=C(CSc1nnc(C2CC2)o1)Nc1cccc2c1C(=O)c1ccccc1C2=O. The zero-order valence-corrected chi connectivity index (χ0v) is 16.0. The molecule has 8 heteroatoms. The Morgan fingerprint density at radius 2 is 1.72 bits per heavy atom. The zero-order valence-electron chi connectivity index (χ0n) is 15.2. The molecule has 0 bridgehead atoms. The molecule has 1 N–H and O–H groups in total. The van der Waals surface area contributed by atoms with Crippen molar-refractivity contribution in [1.82, 2.24) is 10.2 Å². The predicted molar refractivity (Wildman–Crippen MR) is 105 cm³/mol. The van der Waals surface area contributed by atoms with Crippen LogP contribution in [0.5, 0.6) is 0 Å². The molecular weight excluding hydrogens is 390 g/mol. The number of aromatic nitrogens is 2. The molecule has 0 aliphatic heterocycles. The van der Waals surface area contributed by atoms with Crippen molar-refractivity contribution in [2.24, 2.45) is 0 Å². The second kappa shape index (κ2) is 6.97. The number of hydrogen-bond acceptors (Lipinski definition) is 7. The van der Waals surface area contributed by atoms with Gasteiger partial charge < -0.3 is 9.73 Å². The number of carbonyl (C=O) groups excluding carboxylic acids is 3. The highest BCUT2D eigenvalue weighted by Crippen LogP contribution is 2.39. The number of nitrogens with one attached hydrogen (secondary N) is 1. The molecule has 1 saturated carbocycles.